The minimum Gasteiger partial charge on any atom is -0.268 e. The van der Waals surface area contributed by atoms with Gasteiger partial charge < -0.3 is 0 Å². The summed E-state index contributed by atoms with van der Waals surface area (Å²) < 4.78 is 23.6. The van der Waals surface area contributed by atoms with E-state index >= 15 is 0 Å². The molecule has 1 amide bonds. The van der Waals surface area contributed by atoms with Crippen molar-refractivity contribution in [3.8, 4) is 0 Å². The fourth-order valence-electron chi connectivity index (χ4n) is 2.57. The van der Waals surface area contributed by atoms with Crippen LogP contribution in [0.15, 0.2) is 58.8 Å². The largest absolute Gasteiger partial charge is 0.288 e. The fourth-order valence-corrected chi connectivity index (χ4v) is 4.22. The van der Waals surface area contributed by atoms with Crippen molar-refractivity contribution in [2.24, 2.45) is 0 Å². The van der Waals surface area contributed by atoms with Gasteiger partial charge in [0.1, 0.15) is 4.90 Å². The second-order valence-electron chi connectivity index (χ2n) is 5.96. The molecule has 0 N–H and O–H groups in total. The summed E-state index contributed by atoms with van der Waals surface area (Å²) in [5.74, 6) is -0.552. The molecule has 0 aliphatic rings. The van der Waals surface area contributed by atoms with E-state index in [0.29, 0.717) is 10.8 Å². The van der Waals surface area contributed by atoms with E-state index in [1.54, 1.807) is 42.6 Å². The number of para-hydroxylation sites is 1. The van der Waals surface area contributed by atoms with Crippen molar-refractivity contribution >= 4 is 43.6 Å². The van der Waals surface area contributed by atoms with Gasteiger partial charge in [-0.15, -0.1) is 11.3 Å². The molecule has 0 aliphatic heterocycles. The van der Waals surface area contributed by atoms with Crippen molar-refractivity contribution in [1.29, 1.82) is 0 Å². The van der Waals surface area contributed by atoms with Crippen LogP contribution in [-0.2, 0) is 9.84 Å². The first kappa shape index (κ1) is 19.6. The molecule has 0 spiro atoms. The third-order valence-electron chi connectivity index (χ3n) is 3.82. The van der Waals surface area contributed by atoms with E-state index in [0.717, 1.165) is 24.1 Å². The first-order chi connectivity index (χ1) is 13.2. The first-order valence-electron chi connectivity index (χ1n) is 7.98. The molecule has 1 heterocycles. The SMILES string of the molecule is Cc1csc(N(C(=O)c2ccc(S(C)(=O)=O)c([N+](=O)[O-])c2)c2ccccc2)n1. The Bertz CT molecular complexity index is 1160. The van der Waals surface area contributed by atoms with Gasteiger partial charge in [0.15, 0.2) is 15.0 Å². The van der Waals surface area contributed by atoms with Crippen molar-refractivity contribution in [2.45, 2.75) is 11.8 Å². The maximum atomic E-state index is 13.2. The summed E-state index contributed by atoms with van der Waals surface area (Å²) in [5.41, 5.74) is 0.608. The van der Waals surface area contributed by atoms with Gasteiger partial charge in [-0.1, -0.05) is 18.2 Å². The number of nitro benzene ring substituents is 1. The summed E-state index contributed by atoms with van der Waals surface area (Å²) in [7, 11) is -3.82. The maximum Gasteiger partial charge on any atom is 0.288 e. The monoisotopic (exact) mass is 417 g/mol. The van der Waals surface area contributed by atoms with Crippen LogP contribution in [0.25, 0.3) is 0 Å². The molecular weight excluding hydrogens is 402 g/mol. The molecule has 0 saturated heterocycles. The summed E-state index contributed by atoms with van der Waals surface area (Å²) >= 11 is 1.26. The van der Waals surface area contributed by atoms with Gasteiger partial charge in [0.05, 0.1) is 16.3 Å². The molecule has 0 radical (unpaired) electrons. The number of hydrogen-bond acceptors (Lipinski definition) is 7. The first-order valence-corrected chi connectivity index (χ1v) is 10.8. The highest BCUT2D eigenvalue weighted by Gasteiger charge is 2.28. The van der Waals surface area contributed by atoms with Crippen molar-refractivity contribution in [1.82, 2.24) is 4.98 Å². The third-order valence-corrected chi connectivity index (χ3v) is 5.91. The summed E-state index contributed by atoms with van der Waals surface area (Å²) in [5, 5.41) is 13.6. The lowest BCUT2D eigenvalue weighted by atomic mass is 10.1. The second kappa shape index (κ2) is 7.49. The second-order valence-corrected chi connectivity index (χ2v) is 8.78. The Morgan fingerprint density at radius 3 is 2.39 bits per heavy atom. The summed E-state index contributed by atoms with van der Waals surface area (Å²) in [4.78, 5) is 29.0. The van der Waals surface area contributed by atoms with Gasteiger partial charge in [0.25, 0.3) is 11.6 Å². The number of nitrogens with zero attached hydrogens (tertiary/aromatic N) is 3. The smallest absolute Gasteiger partial charge is 0.268 e. The maximum absolute atomic E-state index is 13.2. The predicted octanol–water partition coefficient (Wildman–Crippen LogP) is 3.74. The van der Waals surface area contributed by atoms with E-state index in [1.165, 1.54) is 22.3 Å². The zero-order valence-corrected chi connectivity index (χ0v) is 16.5. The molecule has 0 aliphatic carbocycles. The Morgan fingerprint density at radius 1 is 1.18 bits per heavy atom. The molecule has 1 aromatic heterocycles. The van der Waals surface area contributed by atoms with Gasteiger partial charge in [-0.05, 0) is 31.2 Å². The molecular formula is C18H15N3O5S2. The number of anilines is 2. The molecule has 8 nitrogen and oxygen atoms in total. The van der Waals surface area contributed by atoms with Crippen LogP contribution in [0.5, 0.6) is 0 Å². The number of hydrogen-bond donors (Lipinski definition) is 0. The number of nitro groups is 1. The number of aromatic nitrogens is 1. The van der Waals surface area contributed by atoms with Gasteiger partial charge in [-0.2, -0.15) is 0 Å². The molecule has 3 aromatic rings. The third kappa shape index (κ3) is 3.92. The summed E-state index contributed by atoms with van der Waals surface area (Å²) in [6, 6.07) is 12.1. The van der Waals surface area contributed by atoms with Gasteiger partial charge in [0.2, 0.25) is 0 Å². The van der Waals surface area contributed by atoms with Crippen LogP contribution in [0.1, 0.15) is 16.1 Å². The Kier molecular flexibility index (Phi) is 5.25. The van der Waals surface area contributed by atoms with Crippen LogP contribution in [-0.4, -0.2) is 30.5 Å². The number of carbonyl (C=O) groups excluding carboxylic acids is 1. The Hall–Kier alpha value is -3.11. The number of aryl methyl sites for hydroxylation is 1. The standard InChI is InChI=1S/C18H15N3O5S2/c1-12-11-27-18(19-12)20(14-6-4-3-5-7-14)17(22)13-8-9-16(28(2,25)26)15(10-13)21(23)24/h3-11H,1-2H3. The van der Waals surface area contributed by atoms with E-state index in [2.05, 4.69) is 4.98 Å². The molecule has 10 heteroatoms. The predicted molar refractivity (Wildman–Crippen MR) is 106 cm³/mol. The highest BCUT2D eigenvalue weighted by atomic mass is 32.2. The number of thiazole rings is 1. The van der Waals surface area contributed by atoms with E-state index in [-0.39, 0.29) is 5.56 Å². The van der Waals surface area contributed by atoms with E-state index in [4.69, 9.17) is 0 Å². The Balaban J connectivity index is 2.14. The average Bonchev–Trinajstić information content (AvgIpc) is 3.07. The molecule has 144 valence electrons. The molecule has 3 rings (SSSR count). The minimum absolute atomic E-state index is 0.0178. The number of benzene rings is 2. The number of carbonyl (C=O) groups is 1. The quantitative estimate of drug-likeness (QED) is 0.462. The molecule has 0 unspecified atom stereocenters. The zero-order valence-electron chi connectivity index (χ0n) is 14.9. The van der Waals surface area contributed by atoms with Crippen molar-refractivity contribution < 1.29 is 18.1 Å². The summed E-state index contributed by atoms with van der Waals surface area (Å²) in [6.45, 7) is 1.79. The highest BCUT2D eigenvalue weighted by Crippen LogP contribution is 2.32. The van der Waals surface area contributed by atoms with Crippen molar-refractivity contribution in [3.05, 3.63) is 75.3 Å². The lowest BCUT2D eigenvalue weighted by Gasteiger charge is -2.20. The van der Waals surface area contributed by atoms with Crippen LogP contribution < -0.4 is 4.90 Å². The molecule has 28 heavy (non-hydrogen) atoms. The lowest BCUT2D eigenvalue weighted by molar-refractivity contribution is -0.387. The van der Waals surface area contributed by atoms with E-state index in [1.807, 2.05) is 0 Å². The Morgan fingerprint density at radius 2 is 1.86 bits per heavy atom. The molecule has 0 bridgehead atoms. The average molecular weight is 417 g/mol. The van der Waals surface area contributed by atoms with Gasteiger partial charge >= 0.3 is 0 Å². The van der Waals surface area contributed by atoms with Gasteiger partial charge in [-0.3, -0.25) is 19.8 Å². The van der Waals surface area contributed by atoms with Crippen LogP contribution in [0.4, 0.5) is 16.5 Å². The summed E-state index contributed by atoms with van der Waals surface area (Å²) in [6.07, 6.45) is 0.880. The highest BCUT2D eigenvalue weighted by molar-refractivity contribution is 7.90. The molecule has 0 atom stereocenters. The van der Waals surface area contributed by atoms with E-state index in [9.17, 15) is 23.3 Å². The van der Waals surface area contributed by atoms with Gasteiger partial charge in [-0.25, -0.2) is 13.4 Å². The van der Waals surface area contributed by atoms with Crippen molar-refractivity contribution in [3.63, 3.8) is 0 Å². The van der Waals surface area contributed by atoms with E-state index < -0.39 is 31.3 Å². The number of sulfone groups is 1. The zero-order chi connectivity index (χ0) is 20.5. The molecule has 0 saturated carbocycles. The van der Waals surface area contributed by atoms with Crippen LogP contribution in [0.2, 0.25) is 0 Å². The minimum atomic E-state index is -3.82. The number of amides is 1. The topological polar surface area (TPSA) is 110 Å². The normalized spacial score (nSPS) is 11.2. The van der Waals surface area contributed by atoms with Crippen molar-refractivity contribution in [2.75, 3.05) is 11.2 Å². The van der Waals surface area contributed by atoms with Crippen LogP contribution in [0, 0.1) is 17.0 Å². The fraction of sp³-hybridized carbons (Fsp3) is 0.111. The Labute approximate surface area is 165 Å². The lowest BCUT2D eigenvalue weighted by Crippen LogP contribution is -2.26. The van der Waals surface area contributed by atoms with Crippen LogP contribution in [0.3, 0.4) is 0 Å². The molecule has 0 fully saturated rings. The van der Waals surface area contributed by atoms with Gasteiger partial charge in [0, 0.05) is 23.3 Å². The number of rotatable bonds is 5. The molecule has 2 aromatic carbocycles. The van der Waals surface area contributed by atoms with Crippen LogP contribution >= 0.6 is 11.3 Å².